The molecule has 0 aliphatic heterocycles. The van der Waals surface area contributed by atoms with Gasteiger partial charge < -0.3 is 10.5 Å². The van der Waals surface area contributed by atoms with Crippen molar-refractivity contribution in [3.8, 4) is 11.5 Å². The zero-order chi connectivity index (χ0) is 12.3. The average Bonchev–Trinajstić information content (AvgIpc) is 2.33. The molecule has 0 bridgehead atoms. The van der Waals surface area contributed by atoms with Crippen LogP contribution >= 0.6 is 15.9 Å². The number of hydrogen-bond acceptors (Lipinski definition) is 2. The fraction of sp³-hybridized carbons (Fsp3) is 0.143. The van der Waals surface area contributed by atoms with Crippen molar-refractivity contribution in [3.63, 3.8) is 0 Å². The lowest BCUT2D eigenvalue weighted by Gasteiger charge is -2.09. The van der Waals surface area contributed by atoms with Gasteiger partial charge in [-0.25, -0.2) is 0 Å². The van der Waals surface area contributed by atoms with Gasteiger partial charge in [-0.05, 0) is 58.2 Å². The molecule has 3 heteroatoms. The van der Waals surface area contributed by atoms with Gasteiger partial charge in [0, 0.05) is 5.69 Å². The minimum Gasteiger partial charge on any atom is -0.456 e. The molecule has 0 spiro atoms. The molecule has 2 aromatic rings. The van der Waals surface area contributed by atoms with Gasteiger partial charge >= 0.3 is 0 Å². The van der Waals surface area contributed by atoms with Crippen molar-refractivity contribution in [1.29, 1.82) is 0 Å². The topological polar surface area (TPSA) is 35.2 Å². The first-order valence-corrected chi connectivity index (χ1v) is 6.30. The van der Waals surface area contributed by atoms with Crippen LogP contribution in [0.5, 0.6) is 11.5 Å². The van der Waals surface area contributed by atoms with Crippen molar-refractivity contribution >= 4 is 21.6 Å². The van der Waals surface area contributed by atoms with Crippen molar-refractivity contribution < 1.29 is 4.74 Å². The molecule has 0 heterocycles. The Balaban J connectivity index is 2.25. The second-order valence-corrected chi connectivity index (χ2v) is 4.65. The van der Waals surface area contributed by atoms with Crippen LogP contribution in [0.2, 0.25) is 0 Å². The summed E-state index contributed by atoms with van der Waals surface area (Å²) in [7, 11) is 0. The maximum absolute atomic E-state index is 5.80. The fourth-order valence-corrected chi connectivity index (χ4v) is 2.03. The van der Waals surface area contributed by atoms with Crippen LogP contribution in [0.15, 0.2) is 46.9 Å². The summed E-state index contributed by atoms with van der Waals surface area (Å²) in [6, 6.07) is 13.6. The van der Waals surface area contributed by atoms with E-state index in [1.54, 1.807) is 0 Å². The Kier molecular flexibility index (Phi) is 3.69. The van der Waals surface area contributed by atoms with E-state index in [-0.39, 0.29) is 0 Å². The SMILES string of the molecule is CCc1cccc(Oc2ccc(N)cc2Br)c1. The Morgan fingerprint density at radius 1 is 1.18 bits per heavy atom. The Morgan fingerprint density at radius 3 is 2.71 bits per heavy atom. The average molecular weight is 292 g/mol. The summed E-state index contributed by atoms with van der Waals surface area (Å²) in [6.07, 6.45) is 1.00. The third kappa shape index (κ3) is 3.01. The van der Waals surface area contributed by atoms with Crippen LogP contribution in [0.25, 0.3) is 0 Å². The third-order valence-electron chi connectivity index (χ3n) is 2.49. The predicted molar refractivity (Wildman–Crippen MR) is 74.4 cm³/mol. The maximum atomic E-state index is 5.80. The molecule has 88 valence electrons. The van der Waals surface area contributed by atoms with Crippen LogP contribution in [0.4, 0.5) is 5.69 Å². The van der Waals surface area contributed by atoms with Gasteiger partial charge in [0.1, 0.15) is 11.5 Å². The highest BCUT2D eigenvalue weighted by atomic mass is 79.9. The van der Waals surface area contributed by atoms with E-state index in [1.807, 2.05) is 36.4 Å². The number of anilines is 1. The lowest BCUT2D eigenvalue weighted by atomic mass is 10.2. The summed E-state index contributed by atoms with van der Waals surface area (Å²) in [5.74, 6) is 1.61. The fourth-order valence-electron chi connectivity index (χ4n) is 1.56. The molecule has 0 saturated heterocycles. The minimum absolute atomic E-state index is 0.714. The van der Waals surface area contributed by atoms with Crippen molar-refractivity contribution in [2.75, 3.05) is 5.73 Å². The lowest BCUT2D eigenvalue weighted by Crippen LogP contribution is -1.89. The zero-order valence-corrected chi connectivity index (χ0v) is 11.2. The van der Waals surface area contributed by atoms with E-state index in [4.69, 9.17) is 10.5 Å². The number of benzene rings is 2. The lowest BCUT2D eigenvalue weighted by molar-refractivity contribution is 0.479. The highest BCUT2D eigenvalue weighted by Gasteiger charge is 2.03. The largest absolute Gasteiger partial charge is 0.456 e. The molecule has 17 heavy (non-hydrogen) atoms. The highest BCUT2D eigenvalue weighted by molar-refractivity contribution is 9.10. The van der Waals surface area contributed by atoms with Crippen LogP contribution in [0, 0.1) is 0 Å². The molecule has 0 aliphatic rings. The summed E-state index contributed by atoms with van der Waals surface area (Å²) >= 11 is 3.44. The van der Waals surface area contributed by atoms with Crippen LogP contribution in [-0.2, 0) is 6.42 Å². The van der Waals surface area contributed by atoms with Crippen molar-refractivity contribution in [2.45, 2.75) is 13.3 Å². The zero-order valence-electron chi connectivity index (χ0n) is 9.61. The molecule has 0 saturated carbocycles. The minimum atomic E-state index is 0.714. The van der Waals surface area contributed by atoms with E-state index in [0.717, 1.165) is 22.4 Å². The molecule has 0 aromatic heterocycles. The molecular formula is C14H14BrNO. The standard InChI is InChI=1S/C14H14BrNO/c1-2-10-4-3-5-12(8-10)17-14-7-6-11(16)9-13(14)15/h3-9H,2,16H2,1H3. The Hall–Kier alpha value is -1.48. The quantitative estimate of drug-likeness (QED) is 0.852. The molecule has 2 nitrogen and oxygen atoms in total. The molecule has 0 aliphatic carbocycles. The van der Waals surface area contributed by atoms with Gasteiger partial charge in [0.05, 0.1) is 4.47 Å². The van der Waals surface area contributed by atoms with Gasteiger partial charge in [-0.2, -0.15) is 0 Å². The number of aryl methyl sites for hydroxylation is 1. The molecule has 0 amide bonds. The molecular weight excluding hydrogens is 278 g/mol. The normalized spacial score (nSPS) is 10.2. The summed E-state index contributed by atoms with van der Waals surface area (Å²) in [5.41, 5.74) is 7.65. The molecule has 2 rings (SSSR count). The highest BCUT2D eigenvalue weighted by Crippen LogP contribution is 2.31. The summed E-state index contributed by atoms with van der Waals surface area (Å²) in [4.78, 5) is 0. The first-order valence-electron chi connectivity index (χ1n) is 5.51. The predicted octanol–water partition coefficient (Wildman–Crippen LogP) is 4.39. The third-order valence-corrected chi connectivity index (χ3v) is 3.11. The number of nitrogen functional groups attached to an aromatic ring is 1. The Bertz CT molecular complexity index is 525. The Morgan fingerprint density at radius 2 is 2.00 bits per heavy atom. The van der Waals surface area contributed by atoms with E-state index in [2.05, 4.69) is 28.9 Å². The van der Waals surface area contributed by atoms with Gasteiger partial charge in [-0.1, -0.05) is 19.1 Å². The van der Waals surface area contributed by atoms with Gasteiger partial charge in [-0.3, -0.25) is 0 Å². The van der Waals surface area contributed by atoms with Crippen LogP contribution in [0.1, 0.15) is 12.5 Å². The van der Waals surface area contributed by atoms with E-state index < -0.39 is 0 Å². The first kappa shape index (κ1) is 12.0. The monoisotopic (exact) mass is 291 g/mol. The van der Waals surface area contributed by atoms with Crippen LogP contribution < -0.4 is 10.5 Å². The number of halogens is 1. The second kappa shape index (κ2) is 5.23. The number of rotatable bonds is 3. The molecule has 0 fully saturated rings. The van der Waals surface area contributed by atoms with Gasteiger partial charge in [0.25, 0.3) is 0 Å². The molecule has 2 N–H and O–H groups in total. The van der Waals surface area contributed by atoms with Crippen molar-refractivity contribution in [3.05, 3.63) is 52.5 Å². The van der Waals surface area contributed by atoms with E-state index in [1.165, 1.54) is 5.56 Å². The summed E-state index contributed by atoms with van der Waals surface area (Å²) in [6.45, 7) is 2.12. The van der Waals surface area contributed by atoms with Gasteiger partial charge in [-0.15, -0.1) is 0 Å². The maximum Gasteiger partial charge on any atom is 0.141 e. The number of ether oxygens (including phenoxy) is 1. The van der Waals surface area contributed by atoms with Gasteiger partial charge in [0.2, 0.25) is 0 Å². The number of hydrogen-bond donors (Lipinski definition) is 1. The van der Waals surface area contributed by atoms with E-state index in [9.17, 15) is 0 Å². The number of nitrogens with two attached hydrogens (primary N) is 1. The van der Waals surface area contributed by atoms with Crippen molar-refractivity contribution in [2.24, 2.45) is 0 Å². The van der Waals surface area contributed by atoms with E-state index in [0.29, 0.717) is 5.69 Å². The molecule has 0 radical (unpaired) electrons. The Labute approximate surface area is 110 Å². The molecule has 0 unspecified atom stereocenters. The van der Waals surface area contributed by atoms with Crippen molar-refractivity contribution in [1.82, 2.24) is 0 Å². The molecule has 0 atom stereocenters. The summed E-state index contributed by atoms with van der Waals surface area (Å²) < 4.78 is 6.66. The summed E-state index contributed by atoms with van der Waals surface area (Å²) in [5, 5.41) is 0. The molecule has 2 aromatic carbocycles. The van der Waals surface area contributed by atoms with E-state index >= 15 is 0 Å². The van der Waals surface area contributed by atoms with Crippen LogP contribution in [0.3, 0.4) is 0 Å². The first-order chi connectivity index (χ1) is 8.19. The second-order valence-electron chi connectivity index (χ2n) is 3.79. The smallest absolute Gasteiger partial charge is 0.141 e. The van der Waals surface area contributed by atoms with Crippen LogP contribution in [-0.4, -0.2) is 0 Å². The van der Waals surface area contributed by atoms with Gasteiger partial charge in [0.15, 0.2) is 0 Å².